The van der Waals surface area contributed by atoms with Gasteiger partial charge in [-0.3, -0.25) is 4.79 Å². The predicted octanol–water partition coefficient (Wildman–Crippen LogP) is 6.66. The van der Waals surface area contributed by atoms with Crippen molar-refractivity contribution >= 4 is 17.2 Å². The van der Waals surface area contributed by atoms with Crippen LogP contribution in [0.2, 0.25) is 0 Å². The van der Waals surface area contributed by atoms with Crippen LogP contribution < -0.4 is 0 Å². The first-order chi connectivity index (χ1) is 13.8. The maximum absolute atomic E-state index is 13.2. The van der Waals surface area contributed by atoms with Gasteiger partial charge < -0.3 is 10.0 Å². The highest BCUT2D eigenvalue weighted by molar-refractivity contribution is 5.87. The smallest absolute Gasteiger partial charge is 0.230 e. The molecule has 0 saturated heterocycles. The van der Waals surface area contributed by atoms with Crippen molar-refractivity contribution in [1.29, 1.82) is 0 Å². The lowest BCUT2D eigenvalue weighted by molar-refractivity contribution is -0.136. The first-order valence-corrected chi connectivity index (χ1v) is 10.7. The average molecular weight is 394 g/mol. The van der Waals surface area contributed by atoms with Gasteiger partial charge in [-0.15, -0.1) is 0 Å². The monoisotopic (exact) mass is 393 g/mol. The summed E-state index contributed by atoms with van der Waals surface area (Å²) >= 11 is 0. The molecular weight excluding hydrogens is 358 g/mol. The number of nitrogens with zero attached hydrogens (tertiary/aromatic N) is 1. The van der Waals surface area contributed by atoms with Crippen molar-refractivity contribution in [3.8, 4) is 0 Å². The molecule has 3 heteroatoms. The summed E-state index contributed by atoms with van der Waals surface area (Å²) in [6.07, 6.45) is 1.49. The third kappa shape index (κ3) is 5.29. The Kier molecular flexibility index (Phi) is 8.07. The molecular formula is C26H35NO2. The minimum atomic E-state index is -0.167. The van der Waals surface area contributed by atoms with Crippen molar-refractivity contribution in [2.45, 2.75) is 72.4 Å². The molecule has 0 aliphatic rings. The summed E-state index contributed by atoms with van der Waals surface area (Å²) < 4.78 is 0. The molecule has 156 valence electrons. The fourth-order valence-corrected chi connectivity index (χ4v) is 4.03. The van der Waals surface area contributed by atoms with Gasteiger partial charge in [-0.2, -0.15) is 0 Å². The molecule has 2 aromatic carbocycles. The normalized spacial score (nSPS) is 13.4. The summed E-state index contributed by atoms with van der Waals surface area (Å²) in [5.74, 6) is 0.305. The average Bonchev–Trinajstić information content (AvgIpc) is 2.70. The van der Waals surface area contributed by atoms with Crippen LogP contribution in [0.3, 0.4) is 0 Å². The Labute approximate surface area is 176 Å². The first-order valence-electron chi connectivity index (χ1n) is 10.7. The van der Waals surface area contributed by atoms with Crippen LogP contribution in [0.25, 0.3) is 11.3 Å². The molecule has 0 radical (unpaired) electrons. The molecule has 1 amide bonds. The molecule has 3 nitrogen and oxygen atoms in total. The Morgan fingerprint density at radius 3 is 1.86 bits per heavy atom. The molecule has 0 aliphatic heterocycles. The molecule has 29 heavy (non-hydrogen) atoms. The van der Waals surface area contributed by atoms with Gasteiger partial charge in [0.05, 0.1) is 5.92 Å². The van der Waals surface area contributed by atoms with Gasteiger partial charge in [0.1, 0.15) is 5.76 Å². The van der Waals surface area contributed by atoms with Gasteiger partial charge in [-0.1, -0.05) is 68.4 Å². The predicted molar refractivity (Wildman–Crippen MR) is 123 cm³/mol. The number of aliphatic hydroxyl groups excluding tert-OH is 1. The molecule has 2 rings (SSSR count). The minimum absolute atomic E-state index is 0.167. The molecule has 0 heterocycles. The van der Waals surface area contributed by atoms with Gasteiger partial charge in [-0.05, 0) is 51.7 Å². The zero-order valence-electron chi connectivity index (χ0n) is 18.6. The zero-order valence-corrected chi connectivity index (χ0v) is 18.6. The fraction of sp³-hybridized carbons (Fsp3) is 0.423. The first kappa shape index (κ1) is 22.7. The van der Waals surface area contributed by atoms with Crippen molar-refractivity contribution in [3.05, 3.63) is 71.3 Å². The molecule has 0 spiro atoms. The summed E-state index contributed by atoms with van der Waals surface area (Å²) in [6, 6.07) is 18.1. The standard InChI is InChI=1S/C26H35NO2/c1-7-23(20-12-10-9-11-13-20)25(28)22-16-14-21(15-17-22)24(8-2)26(29)27(18(3)4)19(5)6/h9-19,24,28H,7-8H2,1-6H3/b25-23-. The van der Waals surface area contributed by atoms with E-state index in [2.05, 4.69) is 34.6 Å². The Morgan fingerprint density at radius 1 is 0.862 bits per heavy atom. The molecule has 2 aromatic rings. The summed E-state index contributed by atoms with van der Waals surface area (Å²) in [5, 5.41) is 10.9. The van der Waals surface area contributed by atoms with E-state index in [0.29, 0.717) is 5.76 Å². The van der Waals surface area contributed by atoms with Gasteiger partial charge >= 0.3 is 0 Å². The summed E-state index contributed by atoms with van der Waals surface area (Å²) in [4.78, 5) is 15.1. The molecule has 0 bridgehead atoms. The van der Waals surface area contributed by atoms with E-state index in [-0.39, 0.29) is 23.9 Å². The number of rotatable bonds is 8. The maximum atomic E-state index is 13.2. The number of benzene rings is 2. The Morgan fingerprint density at radius 2 is 1.41 bits per heavy atom. The molecule has 0 saturated carbocycles. The molecule has 1 atom stereocenters. The summed E-state index contributed by atoms with van der Waals surface area (Å²) in [7, 11) is 0. The third-order valence-electron chi connectivity index (χ3n) is 5.42. The third-order valence-corrected chi connectivity index (χ3v) is 5.42. The van der Waals surface area contributed by atoms with Crippen LogP contribution in [-0.2, 0) is 4.79 Å². The summed E-state index contributed by atoms with van der Waals surface area (Å²) in [6.45, 7) is 12.3. The van der Waals surface area contributed by atoms with Crippen LogP contribution in [0, 0.1) is 0 Å². The van der Waals surface area contributed by atoms with Crippen LogP contribution in [-0.4, -0.2) is 28.0 Å². The second-order valence-electron chi connectivity index (χ2n) is 8.06. The second kappa shape index (κ2) is 10.3. The molecule has 0 fully saturated rings. The lowest BCUT2D eigenvalue weighted by Gasteiger charge is -2.34. The number of aliphatic hydroxyl groups is 1. The van der Waals surface area contributed by atoms with Crippen LogP contribution in [0.15, 0.2) is 54.6 Å². The van der Waals surface area contributed by atoms with E-state index >= 15 is 0 Å². The highest BCUT2D eigenvalue weighted by atomic mass is 16.3. The maximum Gasteiger partial charge on any atom is 0.230 e. The minimum Gasteiger partial charge on any atom is -0.507 e. The number of carbonyl (C=O) groups excluding carboxylic acids is 1. The zero-order chi connectivity index (χ0) is 21.6. The van der Waals surface area contributed by atoms with Crippen molar-refractivity contribution < 1.29 is 9.90 Å². The van der Waals surface area contributed by atoms with E-state index in [1.54, 1.807) is 0 Å². The fourth-order valence-electron chi connectivity index (χ4n) is 4.03. The van der Waals surface area contributed by atoms with Crippen LogP contribution in [0.4, 0.5) is 0 Å². The van der Waals surface area contributed by atoms with E-state index in [9.17, 15) is 9.90 Å². The van der Waals surface area contributed by atoms with Crippen LogP contribution in [0.1, 0.15) is 77.0 Å². The molecule has 0 aliphatic carbocycles. The molecule has 1 N–H and O–H groups in total. The van der Waals surface area contributed by atoms with Gasteiger partial charge in [0.2, 0.25) is 5.91 Å². The number of amides is 1. The summed E-state index contributed by atoms with van der Waals surface area (Å²) in [5.41, 5.74) is 3.73. The SMILES string of the molecule is CC/C(=C(/O)c1ccc(C(CC)C(=O)N(C(C)C)C(C)C)cc1)c1ccccc1. The van der Waals surface area contributed by atoms with Gasteiger partial charge in [0, 0.05) is 23.2 Å². The largest absolute Gasteiger partial charge is 0.507 e. The Balaban J connectivity index is 2.35. The van der Waals surface area contributed by atoms with Crippen molar-refractivity contribution in [2.24, 2.45) is 0 Å². The van der Waals surface area contributed by atoms with E-state index in [1.807, 2.05) is 66.4 Å². The lowest BCUT2D eigenvalue weighted by Crippen LogP contribution is -2.44. The van der Waals surface area contributed by atoms with Gasteiger partial charge in [0.25, 0.3) is 0 Å². The molecule has 1 unspecified atom stereocenters. The van der Waals surface area contributed by atoms with Gasteiger partial charge in [-0.25, -0.2) is 0 Å². The van der Waals surface area contributed by atoms with Crippen LogP contribution in [0.5, 0.6) is 0 Å². The van der Waals surface area contributed by atoms with Crippen molar-refractivity contribution in [2.75, 3.05) is 0 Å². The highest BCUT2D eigenvalue weighted by Crippen LogP contribution is 2.29. The Hall–Kier alpha value is -2.55. The van der Waals surface area contributed by atoms with E-state index < -0.39 is 0 Å². The van der Waals surface area contributed by atoms with Gasteiger partial charge in [0.15, 0.2) is 0 Å². The van der Waals surface area contributed by atoms with E-state index in [1.165, 1.54) is 0 Å². The van der Waals surface area contributed by atoms with E-state index in [4.69, 9.17) is 0 Å². The van der Waals surface area contributed by atoms with Crippen molar-refractivity contribution in [1.82, 2.24) is 4.90 Å². The Bertz CT molecular complexity index is 812. The highest BCUT2D eigenvalue weighted by Gasteiger charge is 2.28. The van der Waals surface area contributed by atoms with Crippen molar-refractivity contribution in [3.63, 3.8) is 0 Å². The number of hydrogen-bond acceptors (Lipinski definition) is 2. The lowest BCUT2D eigenvalue weighted by atomic mass is 9.92. The number of hydrogen-bond donors (Lipinski definition) is 1. The van der Waals surface area contributed by atoms with E-state index in [0.717, 1.165) is 35.1 Å². The second-order valence-corrected chi connectivity index (χ2v) is 8.06. The van der Waals surface area contributed by atoms with Crippen LogP contribution >= 0.6 is 0 Å². The molecule has 0 aromatic heterocycles. The quantitative estimate of drug-likeness (QED) is 0.402. The number of carbonyl (C=O) groups is 1. The number of allylic oxidation sites excluding steroid dienone is 1. The topological polar surface area (TPSA) is 40.5 Å².